The van der Waals surface area contributed by atoms with E-state index in [1.54, 1.807) is 0 Å². The van der Waals surface area contributed by atoms with Crippen molar-refractivity contribution in [2.75, 3.05) is 6.54 Å². The van der Waals surface area contributed by atoms with Gasteiger partial charge in [0.2, 0.25) is 0 Å². The van der Waals surface area contributed by atoms with Gasteiger partial charge in [-0.3, -0.25) is 0 Å². The fourth-order valence-corrected chi connectivity index (χ4v) is 3.62. The maximum atomic E-state index is 13.7. The molecule has 3 atom stereocenters. The monoisotopic (exact) mass is 309 g/mol. The minimum atomic E-state index is -0.165. The summed E-state index contributed by atoms with van der Waals surface area (Å²) in [6, 6.07) is 5.64. The average molecular weight is 310 g/mol. The Morgan fingerprint density at radius 2 is 2.22 bits per heavy atom. The van der Waals surface area contributed by atoms with Gasteiger partial charge in [0.1, 0.15) is 5.82 Å². The number of nitrogens with one attached hydrogen (secondary N) is 1. The molecule has 0 bridgehead atoms. The first-order valence-electron chi connectivity index (χ1n) is 6.60. The van der Waals surface area contributed by atoms with E-state index in [1.165, 1.54) is 25.3 Å². The highest BCUT2D eigenvalue weighted by atomic mass is 79.9. The molecule has 1 saturated heterocycles. The Morgan fingerprint density at radius 1 is 1.33 bits per heavy atom. The molecule has 1 aromatic rings. The van der Waals surface area contributed by atoms with Gasteiger partial charge in [0.05, 0.1) is 0 Å². The summed E-state index contributed by atoms with van der Waals surface area (Å²) in [5.41, 5.74) is 0.668. The zero-order valence-electron chi connectivity index (χ0n) is 10.2. The molecular weight excluding hydrogens is 293 g/mol. The molecule has 3 heteroatoms. The molecule has 0 radical (unpaired) electrons. The summed E-state index contributed by atoms with van der Waals surface area (Å²) in [6.07, 6.45) is 8.08. The number of halogens is 2. The number of benzene rings is 1. The Hall–Kier alpha value is -0.670. The number of rotatable bonds is 2. The van der Waals surface area contributed by atoms with Crippen LogP contribution in [0.25, 0.3) is 6.08 Å². The van der Waals surface area contributed by atoms with Gasteiger partial charge in [-0.1, -0.05) is 40.6 Å². The van der Waals surface area contributed by atoms with Crippen LogP contribution in [0.15, 0.2) is 28.7 Å². The Labute approximate surface area is 116 Å². The molecule has 1 aliphatic heterocycles. The maximum absolute atomic E-state index is 13.7. The van der Waals surface area contributed by atoms with Crippen molar-refractivity contribution in [3.63, 3.8) is 0 Å². The fraction of sp³-hybridized carbons (Fsp3) is 0.467. The van der Waals surface area contributed by atoms with E-state index in [1.807, 2.05) is 18.2 Å². The third-order valence-electron chi connectivity index (χ3n) is 4.24. The van der Waals surface area contributed by atoms with E-state index in [0.717, 1.165) is 22.9 Å². The number of hydrogen-bond acceptors (Lipinski definition) is 1. The summed E-state index contributed by atoms with van der Waals surface area (Å²) < 4.78 is 14.5. The van der Waals surface area contributed by atoms with E-state index < -0.39 is 0 Å². The Morgan fingerprint density at radius 3 is 3.06 bits per heavy atom. The molecule has 0 aromatic heterocycles. The zero-order valence-corrected chi connectivity index (χ0v) is 11.8. The Kier molecular flexibility index (Phi) is 3.53. The van der Waals surface area contributed by atoms with E-state index >= 15 is 0 Å². The van der Waals surface area contributed by atoms with Gasteiger partial charge in [0.15, 0.2) is 0 Å². The lowest BCUT2D eigenvalue weighted by Gasteiger charge is -2.13. The van der Waals surface area contributed by atoms with Gasteiger partial charge < -0.3 is 5.32 Å². The summed E-state index contributed by atoms with van der Waals surface area (Å²) in [5, 5.41) is 3.54. The topological polar surface area (TPSA) is 12.0 Å². The van der Waals surface area contributed by atoms with Crippen LogP contribution in [0.2, 0.25) is 0 Å². The van der Waals surface area contributed by atoms with Crippen LogP contribution in [-0.4, -0.2) is 12.6 Å². The van der Waals surface area contributed by atoms with Crippen LogP contribution in [-0.2, 0) is 0 Å². The lowest BCUT2D eigenvalue weighted by molar-refractivity contribution is 0.456. The Bertz CT molecular complexity index is 472. The van der Waals surface area contributed by atoms with Crippen LogP contribution in [0.5, 0.6) is 0 Å². The van der Waals surface area contributed by atoms with Crippen molar-refractivity contribution in [1.29, 1.82) is 0 Å². The van der Waals surface area contributed by atoms with Gasteiger partial charge in [0.25, 0.3) is 0 Å². The quantitative estimate of drug-likeness (QED) is 0.871. The number of fused-ring (bicyclic) bond motifs is 1. The minimum Gasteiger partial charge on any atom is -0.310 e. The summed E-state index contributed by atoms with van der Waals surface area (Å²) in [6.45, 7) is 1.13. The molecule has 0 amide bonds. The smallest absolute Gasteiger partial charge is 0.131 e. The predicted octanol–water partition coefficient (Wildman–Crippen LogP) is 3.99. The summed E-state index contributed by atoms with van der Waals surface area (Å²) in [7, 11) is 0. The SMILES string of the molecule is Fc1cc(Br)ccc1/C=C/C1NCC2CCCC21. The van der Waals surface area contributed by atoms with Crippen molar-refractivity contribution in [3.8, 4) is 0 Å². The molecule has 1 aromatic carbocycles. The first kappa shape index (κ1) is 12.4. The molecule has 1 N–H and O–H groups in total. The second kappa shape index (κ2) is 5.14. The van der Waals surface area contributed by atoms with Gasteiger partial charge in [0, 0.05) is 16.1 Å². The van der Waals surface area contributed by atoms with Crippen LogP contribution < -0.4 is 5.32 Å². The van der Waals surface area contributed by atoms with Crippen molar-refractivity contribution < 1.29 is 4.39 Å². The van der Waals surface area contributed by atoms with Crippen molar-refractivity contribution >= 4 is 22.0 Å². The predicted molar refractivity (Wildman–Crippen MR) is 75.8 cm³/mol. The van der Waals surface area contributed by atoms with Gasteiger partial charge in [-0.15, -0.1) is 0 Å². The molecule has 2 fully saturated rings. The van der Waals surface area contributed by atoms with Crippen LogP contribution >= 0.6 is 15.9 Å². The van der Waals surface area contributed by atoms with Crippen LogP contribution in [0, 0.1) is 17.7 Å². The number of hydrogen-bond donors (Lipinski definition) is 1. The van der Waals surface area contributed by atoms with E-state index in [0.29, 0.717) is 11.6 Å². The lowest BCUT2D eigenvalue weighted by atomic mass is 9.93. The van der Waals surface area contributed by atoms with Crippen molar-refractivity contribution in [1.82, 2.24) is 5.32 Å². The molecule has 3 rings (SSSR count). The second-order valence-corrected chi connectivity index (χ2v) is 6.23. The molecule has 3 unspecified atom stereocenters. The van der Waals surface area contributed by atoms with E-state index in [9.17, 15) is 4.39 Å². The van der Waals surface area contributed by atoms with Crippen molar-refractivity contribution in [2.45, 2.75) is 25.3 Å². The maximum Gasteiger partial charge on any atom is 0.131 e. The molecular formula is C15H17BrFN. The second-order valence-electron chi connectivity index (χ2n) is 5.31. The van der Waals surface area contributed by atoms with Crippen molar-refractivity contribution in [2.24, 2.45) is 11.8 Å². The molecule has 0 spiro atoms. The van der Waals surface area contributed by atoms with Crippen LogP contribution in [0.3, 0.4) is 0 Å². The molecule has 1 aliphatic carbocycles. The zero-order chi connectivity index (χ0) is 12.5. The van der Waals surface area contributed by atoms with E-state index in [2.05, 4.69) is 27.3 Å². The van der Waals surface area contributed by atoms with Crippen LogP contribution in [0.1, 0.15) is 24.8 Å². The average Bonchev–Trinajstić information content (AvgIpc) is 2.91. The van der Waals surface area contributed by atoms with Gasteiger partial charge in [-0.2, -0.15) is 0 Å². The Balaban J connectivity index is 1.74. The van der Waals surface area contributed by atoms with E-state index in [-0.39, 0.29) is 5.82 Å². The highest BCUT2D eigenvalue weighted by Crippen LogP contribution is 2.38. The fourth-order valence-electron chi connectivity index (χ4n) is 3.29. The summed E-state index contributed by atoms with van der Waals surface area (Å²) >= 11 is 3.27. The minimum absolute atomic E-state index is 0.165. The third kappa shape index (κ3) is 2.39. The van der Waals surface area contributed by atoms with Crippen LogP contribution in [0.4, 0.5) is 4.39 Å². The molecule has 18 heavy (non-hydrogen) atoms. The lowest BCUT2D eigenvalue weighted by Crippen LogP contribution is -2.23. The molecule has 96 valence electrons. The summed E-state index contributed by atoms with van der Waals surface area (Å²) in [4.78, 5) is 0. The third-order valence-corrected chi connectivity index (χ3v) is 4.73. The van der Waals surface area contributed by atoms with Crippen molar-refractivity contribution in [3.05, 3.63) is 40.1 Å². The van der Waals surface area contributed by atoms with Gasteiger partial charge in [-0.05, 0) is 43.4 Å². The molecule has 1 nitrogen and oxygen atoms in total. The van der Waals surface area contributed by atoms with Gasteiger partial charge in [-0.25, -0.2) is 4.39 Å². The first-order chi connectivity index (χ1) is 8.74. The molecule has 1 saturated carbocycles. The molecule has 1 heterocycles. The molecule has 2 aliphatic rings. The normalized spacial score (nSPS) is 31.1. The summed E-state index contributed by atoms with van der Waals surface area (Å²) in [5.74, 6) is 1.44. The highest BCUT2D eigenvalue weighted by Gasteiger charge is 2.37. The highest BCUT2D eigenvalue weighted by molar-refractivity contribution is 9.10. The van der Waals surface area contributed by atoms with Gasteiger partial charge >= 0.3 is 0 Å². The largest absolute Gasteiger partial charge is 0.310 e. The van der Waals surface area contributed by atoms with E-state index in [4.69, 9.17) is 0 Å². The first-order valence-corrected chi connectivity index (χ1v) is 7.40. The standard InChI is InChI=1S/C15H17BrFN/c16-12-6-4-10(14(17)8-12)5-7-15-13-3-1-2-11(13)9-18-15/h4-8,11,13,15,18H,1-3,9H2/b7-5+.